The zero-order valence-corrected chi connectivity index (χ0v) is 13.0. The van der Waals surface area contributed by atoms with Crippen molar-refractivity contribution >= 4 is 11.7 Å². The third-order valence-corrected chi connectivity index (χ3v) is 4.32. The highest BCUT2D eigenvalue weighted by Crippen LogP contribution is 2.34. The Morgan fingerprint density at radius 1 is 1.32 bits per heavy atom. The van der Waals surface area contributed by atoms with Gasteiger partial charge >= 0.3 is 0 Å². The van der Waals surface area contributed by atoms with Gasteiger partial charge in [0, 0.05) is 25.4 Å². The van der Waals surface area contributed by atoms with Crippen LogP contribution in [0.15, 0.2) is 42.6 Å². The second-order valence-electron chi connectivity index (χ2n) is 5.69. The molecule has 0 unspecified atom stereocenters. The number of hydrogen-bond donors (Lipinski definition) is 1. The first kappa shape index (κ1) is 14.6. The fourth-order valence-electron chi connectivity index (χ4n) is 3.16. The number of carbonyl (C=O) groups excluding carboxylic acids is 1. The van der Waals surface area contributed by atoms with Crippen molar-refractivity contribution < 1.29 is 4.79 Å². The van der Waals surface area contributed by atoms with Gasteiger partial charge in [0.1, 0.15) is 5.82 Å². The molecule has 4 heteroatoms. The smallest absolute Gasteiger partial charge is 0.254 e. The lowest BCUT2D eigenvalue weighted by Gasteiger charge is -2.26. The lowest BCUT2D eigenvalue weighted by atomic mass is 9.99. The maximum absolute atomic E-state index is 12.9. The van der Waals surface area contributed by atoms with E-state index in [9.17, 15) is 4.79 Å². The summed E-state index contributed by atoms with van der Waals surface area (Å²) >= 11 is 0. The quantitative estimate of drug-likeness (QED) is 0.944. The SMILES string of the molecule is CNc1cc(C(=O)N2CCC[C@@H]2c2ccccc2C)ccn1. The monoisotopic (exact) mass is 295 g/mol. The van der Waals surface area contributed by atoms with E-state index in [-0.39, 0.29) is 11.9 Å². The number of nitrogens with one attached hydrogen (secondary N) is 1. The molecule has 22 heavy (non-hydrogen) atoms. The number of anilines is 1. The van der Waals surface area contributed by atoms with Crippen molar-refractivity contribution in [3.63, 3.8) is 0 Å². The highest BCUT2D eigenvalue weighted by atomic mass is 16.2. The topological polar surface area (TPSA) is 45.2 Å². The third kappa shape index (κ3) is 2.69. The molecule has 2 heterocycles. The highest BCUT2D eigenvalue weighted by molar-refractivity contribution is 5.95. The van der Waals surface area contributed by atoms with E-state index in [4.69, 9.17) is 0 Å². The largest absolute Gasteiger partial charge is 0.373 e. The molecule has 4 nitrogen and oxygen atoms in total. The van der Waals surface area contributed by atoms with Crippen LogP contribution in [0.5, 0.6) is 0 Å². The molecule has 0 spiro atoms. The van der Waals surface area contributed by atoms with E-state index < -0.39 is 0 Å². The first-order valence-corrected chi connectivity index (χ1v) is 7.71. The van der Waals surface area contributed by atoms with Gasteiger partial charge in [-0.25, -0.2) is 4.98 Å². The predicted octanol–water partition coefficient (Wildman–Crippen LogP) is 3.41. The molecule has 1 aliphatic rings. The van der Waals surface area contributed by atoms with Gasteiger partial charge in [-0.15, -0.1) is 0 Å². The number of carbonyl (C=O) groups is 1. The predicted molar refractivity (Wildman–Crippen MR) is 88.0 cm³/mol. The number of nitrogens with zero attached hydrogens (tertiary/aromatic N) is 2. The van der Waals surface area contributed by atoms with Gasteiger partial charge in [0.25, 0.3) is 5.91 Å². The fourth-order valence-corrected chi connectivity index (χ4v) is 3.16. The number of amides is 1. The highest BCUT2D eigenvalue weighted by Gasteiger charge is 2.31. The number of benzene rings is 1. The van der Waals surface area contributed by atoms with Crippen LogP contribution in [0.4, 0.5) is 5.82 Å². The van der Waals surface area contributed by atoms with Crippen LogP contribution in [-0.4, -0.2) is 29.4 Å². The zero-order valence-electron chi connectivity index (χ0n) is 13.0. The number of aromatic nitrogens is 1. The Labute approximate surface area is 131 Å². The van der Waals surface area contributed by atoms with E-state index in [0.29, 0.717) is 5.56 Å². The zero-order chi connectivity index (χ0) is 15.5. The van der Waals surface area contributed by atoms with Crippen molar-refractivity contribution in [1.82, 2.24) is 9.88 Å². The Morgan fingerprint density at radius 3 is 2.91 bits per heavy atom. The van der Waals surface area contributed by atoms with Crippen molar-refractivity contribution in [2.75, 3.05) is 18.9 Å². The number of aryl methyl sites for hydroxylation is 1. The van der Waals surface area contributed by atoms with Crippen molar-refractivity contribution in [1.29, 1.82) is 0 Å². The fraction of sp³-hybridized carbons (Fsp3) is 0.333. The van der Waals surface area contributed by atoms with Gasteiger partial charge < -0.3 is 10.2 Å². The van der Waals surface area contributed by atoms with Crippen LogP contribution in [0.3, 0.4) is 0 Å². The molecule has 0 radical (unpaired) electrons. The summed E-state index contributed by atoms with van der Waals surface area (Å²) in [5, 5.41) is 2.98. The summed E-state index contributed by atoms with van der Waals surface area (Å²) in [6.07, 6.45) is 3.76. The van der Waals surface area contributed by atoms with Crippen LogP contribution < -0.4 is 5.32 Å². The average molecular weight is 295 g/mol. The Morgan fingerprint density at radius 2 is 2.14 bits per heavy atom. The van der Waals surface area contributed by atoms with E-state index >= 15 is 0 Å². The molecule has 0 aliphatic carbocycles. The minimum Gasteiger partial charge on any atom is -0.373 e. The summed E-state index contributed by atoms with van der Waals surface area (Å²) in [7, 11) is 1.81. The third-order valence-electron chi connectivity index (χ3n) is 4.32. The molecule has 1 amide bonds. The summed E-state index contributed by atoms with van der Waals surface area (Å²) < 4.78 is 0. The standard InChI is InChI=1S/C18H21N3O/c1-13-6-3-4-7-15(13)16-8-5-11-21(16)18(22)14-9-10-20-17(12-14)19-2/h3-4,6-7,9-10,12,16H,5,8,11H2,1-2H3,(H,19,20)/t16-/m1/s1. The summed E-state index contributed by atoms with van der Waals surface area (Å²) in [4.78, 5) is 19.1. The van der Waals surface area contributed by atoms with Gasteiger partial charge in [-0.2, -0.15) is 0 Å². The molecule has 1 saturated heterocycles. The second kappa shape index (κ2) is 6.18. The van der Waals surface area contributed by atoms with Crippen LogP contribution >= 0.6 is 0 Å². The minimum absolute atomic E-state index is 0.0876. The van der Waals surface area contributed by atoms with Crippen molar-refractivity contribution in [2.45, 2.75) is 25.8 Å². The van der Waals surface area contributed by atoms with Crippen molar-refractivity contribution in [3.8, 4) is 0 Å². The number of likely N-dealkylation sites (tertiary alicyclic amines) is 1. The average Bonchev–Trinajstić information content (AvgIpc) is 3.04. The van der Waals surface area contributed by atoms with Gasteiger partial charge in [0.15, 0.2) is 0 Å². The Balaban J connectivity index is 1.89. The molecular formula is C18H21N3O. The van der Waals surface area contributed by atoms with Gasteiger partial charge in [-0.3, -0.25) is 4.79 Å². The van der Waals surface area contributed by atoms with Crippen LogP contribution in [0.1, 0.15) is 40.4 Å². The molecule has 1 aromatic carbocycles. The Kier molecular flexibility index (Phi) is 4.09. The Bertz CT molecular complexity index is 684. The molecule has 1 fully saturated rings. The summed E-state index contributed by atoms with van der Waals surface area (Å²) in [6.45, 7) is 2.93. The molecule has 0 bridgehead atoms. The van der Waals surface area contributed by atoms with E-state index in [1.165, 1.54) is 11.1 Å². The molecular weight excluding hydrogens is 274 g/mol. The van der Waals surface area contributed by atoms with Gasteiger partial charge in [0.05, 0.1) is 6.04 Å². The van der Waals surface area contributed by atoms with Crippen LogP contribution in [-0.2, 0) is 0 Å². The lowest BCUT2D eigenvalue weighted by molar-refractivity contribution is 0.0735. The maximum Gasteiger partial charge on any atom is 0.254 e. The molecule has 2 aromatic rings. The minimum atomic E-state index is 0.0876. The first-order valence-electron chi connectivity index (χ1n) is 7.71. The molecule has 1 aromatic heterocycles. The summed E-state index contributed by atoms with van der Waals surface area (Å²) in [5.41, 5.74) is 3.20. The lowest BCUT2D eigenvalue weighted by Crippen LogP contribution is -2.31. The normalized spacial score (nSPS) is 17.5. The molecule has 1 aliphatic heterocycles. The van der Waals surface area contributed by atoms with E-state index in [0.717, 1.165) is 25.2 Å². The number of rotatable bonds is 3. The van der Waals surface area contributed by atoms with Crippen LogP contribution in [0, 0.1) is 6.92 Å². The van der Waals surface area contributed by atoms with E-state index in [1.54, 1.807) is 12.3 Å². The molecule has 1 atom stereocenters. The van der Waals surface area contributed by atoms with Gasteiger partial charge in [-0.05, 0) is 43.0 Å². The Hall–Kier alpha value is -2.36. The molecule has 3 rings (SSSR count). The van der Waals surface area contributed by atoms with Crippen molar-refractivity contribution in [3.05, 3.63) is 59.3 Å². The number of pyridine rings is 1. The van der Waals surface area contributed by atoms with Crippen LogP contribution in [0.2, 0.25) is 0 Å². The van der Waals surface area contributed by atoms with Gasteiger partial charge in [-0.1, -0.05) is 24.3 Å². The molecule has 114 valence electrons. The van der Waals surface area contributed by atoms with E-state index in [1.807, 2.05) is 24.1 Å². The summed E-state index contributed by atoms with van der Waals surface area (Å²) in [5.74, 6) is 0.808. The summed E-state index contributed by atoms with van der Waals surface area (Å²) in [6, 6.07) is 12.1. The number of hydrogen-bond acceptors (Lipinski definition) is 3. The van der Waals surface area contributed by atoms with Crippen LogP contribution in [0.25, 0.3) is 0 Å². The van der Waals surface area contributed by atoms with E-state index in [2.05, 4.69) is 35.4 Å². The van der Waals surface area contributed by atoms with Crippen molar-refractivity contribution in [2.24, 2.45) is 0 Å². The van der Waals surface area contributed by atoms with Gasteiger partial charge in [0.2, 0.25) is 0 Å². The maximum atomic E-state index is 12.9. The molecule has 0 saturated carbocycles. The molecule has 1 N–H and O–H groups in total. The second-order valence-corrected chi connectivity index (χ2v) is 5.69. The first-order chi connectivity index (χ1) is 10.7.